The lowest BCUT2D eigenvalue weighted by molar-refractivity contribution is -0.148. The Morgan fingerprint density at radius 3 is 2.81 bits per heavy atom. The van der Waals surface area contributed by atoms with E-state index in [2.05, 4.69) is 9.88 Å². The van der Waals surface area contributed by atoms with Gasteiger partial charge in [0.2, 0.25) is 0 Å². The molecule has 1 saturated heterocycles. The fraction of sp³-hybridized carbons (Fsp3) is 0.400. The van der Waals surface area contributed by atoms with Crippen LogP contribution in [0.4, 0.5) is 0 Å². The van der Waals surface area contributed by atoms with Gasteiger partial charge in [0.15, 0.2) is 0 Å². The molecule has 3 rings (SSSR count). The maximum Gasteiger partial charge on any atom is 0.337 e. The molecule has 2 aromatic rings. The Balaban J connectivity index is 1.67. The number of aromatic nitrogens is 1. The Labute approximate surface area is 153 Å². The second kappa shape index (κ2) is 7.85. The Bertz CT molecular complexity index is 748. The molecule has 0 aliphatic carbocycles. The second-order valence-electron chi connectivity index (χ2n) is 7.10. The first-order valence-corrected chi connectivity index (χ1v) is 8.68. The van der Waals surface area contributed by atoms with Crippen molar-refractivity contribution in [3.8, 4) is 5.75 Å². The molecule has 1 fully saturated rings. The lowest BCUT2D eigenvalue weighted by atomic mass is 10.0. The van der Waals surface area contributed by atoms with Crippen molar-refractivity contribution < 1.29 is 19.4 Å². The van der Waals surface area contributed by atoms with E-state index in [-0.39, 0.29) is 17.3 Å². The van der Waals surface area contributed by atoms with Crippen molar-refractivity contribution in [2.24, 2.45) is 0 Å². The van der Waals surface area contributed by atoms with Gasteiger partial charge in [0.1, 0.15) is 18.5 Å². The molecule has 1 aliphatic heterocycles. The molecule has 2 heterocycles. The van der Waals surface area contributed by atoms with Crippen LogP contribution < -0.4 is 4.74 Å². The van der Waals surface area contributed by atoms with E-state index in [1.54, 1.807) is 18.3 Å². The zero-order valence-electron chi connectivity index (χ0n) is 15.1. The van der Waals surface area contributed by atoms with E-state index in [9.17, 15) is 9.90 Å². The predicted octanol–water partition coefficient (Wildman–Crippen LogP) is 2.84. The maximum atomic E-state index is 11.4. The van der Waals surface area contributed by atoms with Gasteiger partial charge in [-0.15, -0.1) is 0 Å². The largest absolute Gasteiger partial charge is 0.491 e. The molecular weight excluding hydrogens is 332 g/mol. The minimum Gasteiger partial charge on any atom is -0.491 e. The van der Waals surface area contributed by atoms with Gasteiger partial charge in [-0.1, -0.05) is 18.2 Å². The number of hydrogen-bond acceptors (Lipinski definition) is 5. The van der Waals surface area contributed by atoms with Gasteiger partial charge in [-0.3, -0.25) is 9.88 Å². The van der Waals surface area contributed by atoms with Crippen LogP contribution in [0.2, 0.25) is 0 Å². The summed E-state index contributed by atoms with van der Waals surface area (Å²) >= 11 is 0. The van der Waals surface area contributed by atoms with Gasteiger partial charge in [0.25, 0.3) is 0 Å². The summed E-state index contributed by atoms with van der Waals surface area (Å²) < 4.78 is 12.0. The van der Waals surface area contributed by atoms with E-state index < -0.39 is 5.97 Å². The molecule has 138 valence electrons. The standard InChI is InChI=1S/C20H24N2O4/c1-20(2)14-22(12-18-17(19(23)24)9-6-10-21-18)11-16(26-20)13-25-15-7-4-3-5-8-15/h3-10,16H,11-14H2,1-2H3,(H,23,24). The number of carboxylic acid groups (broad SMARTS) is 1. The van der Waals surface area contributed by atoms with Crippen molar-refractivity contribution in [1.29, 1.82) is 0 Å². The molecule has 0 saturated carbocycles. The number of rotatable bonds is 6. The average molecular weight is 356 g/mol. The summed E-state index contributed by atoms with van der Waals surface area (Å²) in [5, 5.41) is 9.36. The van der Waals surface area contributed by atoms with Crippen molar-refractivity contribution in [2.45, 2.75) is 32.1 Å². The van der Waals surface area contributed by atoms with Gasteiger partial charge in [0.05, 0.1) is 16.9 Å². The quantitative estimate of drug-likeness (QED) is 0.858. The van der Waals surface area contributed by atoms with Crippen LogP contribution >= 0.6 is 0 Å². The van der Waals surface area contributed by atoms with E-state index in [4.69, 9.17) is 9.47 Å². The number of para-hydroxylation sites is 1. The molecule has 6 heteroatoms. The van der Waals surface area contributed by atoms with Gasteiger partial charge in [-0.2, -0.15) is 0 Å². The van der Waals surface area contributed by atoms with Crippen LogP contribution in [0.25, 0.3) is 0 Å². The molecule has 1 N–H and O–H groups in total. The fourth-order valence-corrected chi connectivity index (χ4v) is 3.30. The highest BCUT2D eigenvalue weighted by molar-refractivity contribution is 5.88. The van der Waals surface area contributed by atoms with Crippen LogP contribution in [0.1, 0.15) is 29.9 Å². The molecule has 1 aliphatic rings. The number of ether oxygens (including phenoxy) is 2. The van der Waals surface area contributed by atoms with Gasteiger partial charge in [-0.05, 0) is 38.1 Å². The number of morpholine rings is 1. The molecule has 0 radical (unpaired) electrons. The van der Waals surface area contributed by atoms with Crippen LogP contribution in [0.5, 0.6) is 5.75 Å². The molecule has 1 atom stereocenters. The predicted molar refractivity (Wildman–Crippen MR) is 97.4 cm³/mol. The van der Waals surface area contributed by atoms with Gasteiger partial charge < -0.3 is 14.6 Å². The molecule has 0 spiro atoms. The fourth-order valence-electron chi connectivity index (χ4n) is 3.30. The molecule has 6 nitrogen and oxygen atoms in total. The van der Waals surface area contributed by atoms with Crippen molar-refractivity contribution in [3.05, 3.63) is 59.9 Å². The zero-order chi connectivity index (χ0) is 18.6. The highest BCUT2D eigenvalue weighted by atomic mass is 16.5. The van der Waals surface area contributed by atoms with Crippen molar-refractivity contribution in [1.82, 2.24) is 9.88 Å². The number of pyridine rings is 1. The zero-order valence-corrected chi connectivity index (χ0v) is 15.1. The van der Waals surface area contributed by atoms with Crippen LogP contribution in [0.3, 0.4) is 0 Å². The molecule has 0 amide bonds. The number of aromatic carboxylic acids is 1. The normalized spacial score (nSPS) is 19.8. The van der Waals surface area contributed by atoms with Gasteiger partial charge >= 0.3 is 5.97 Å². The minimum absolute atomic E-state index is 0.101. The minimum atomic E-state index is -0.954. The van der Waals surface area contributed by atoms with Crippen molar-refractivity contribution >= 4 is 5.97 Å². The van der Waals surface area contributed by atoms with Crippen molar-refractivity contribution in [3.63, 3.8) is 0 Å². The summed E-state index contributed by atoms with van der Waals surface area (Å²) in [6, 6.07) is 12.9. The average Bonchev–Trinajstić information content (AvgIpc) is 2.60. The monoisotopic (exact) mass is 356 g/mol. The van der Waals surface area contributed by atoms with Crippen LogP contribution in [0.15, 0.2) is 48.7 Å². The van der Waals surface area contributed by atoms with Gasteiger partial charge in [0, 0.05) is 25.8 Å². The van der Waals surface area contributed by atoms with Crippen molar-refractivity contribution in [2.75, 3.05) is 19.7 Å². The molecular formula is C20H24N2O4. The third-order valence-electron chi connectivity index (χ3n) is 4.23. The van der Waals surface area contributed by atoms with Gasteiger partial charge in [-0.25, -0.2) is 4.79 Å². The number of benzene rings is 1. The van der Waals surface area contributed by atoms with E-state index in [1.165, 1.54) is 0 Å². The number of hydrogen-bond donors (Lipinski definition) is 1. The summed E-state index contributed by atoms with van der Waals surface area (Å²) in [6.07, 6.45) is 1.53. The number of carbonyl (C=O) groups is 1. The first-order valence-electron chi connectivity index (χ1n) is 8.68. The molecule has 26 heavy (non-hydrogen) atoms. The summed E-state index contributed by atoms with van der Waals surface area (Å²) in [7, 11) is 0. The third kappa shape index (κ3) is 4.80. The summed E-state index contributed by atoms with van der Waals surface area (Å²) in [5.41, 5.74) is 0.468. The topological polar surface area (TPSA) is 71.9 Å². The molecule has 1 aromatic carbocycles. The summed E-state index contributed by atoms with van der Waals surface area (Å²) in [4.78, 5) is 17.9. The Kier molecular flexibility index (Phi) is 5.54. The van der Waals surface area contributed by atoms with E-state index >= 15 is 0 Å². The Morgan fingerprint density at radius 2 is 2.08 bits per heavy atom. The van der Waals surface area contributed by atoms with Crippen LogP contribution in [-0.2, 0) is 11.3 Å². The Morgan fingerprint density at radius 1 is 1.31 bits per heavy atom. The molecule has 1 aromatic heterocycles. The lowest BCUT2D eigenvalue weighted by Crippen LogP contribution is -2.54. The Hall–Kier alpha value is -2.44. The SMILES string of the molecule is CC1(C)CN(Cc2ncccc2C(=O)O)CC(COc2ccccc2)O1. The highest BCUT2D eigenvalue weighted by Gasteiger charge is 2.34. The summed E-state index contributed by atoms with van der Waals surface area (Å²) in [6.45, 7) is 6.34. The lowest BCUT2D eigenvalue weighted by Gasteiger charge is -2.42. The summed E-state index contributed by atoms with van der Waals surface area (Å²) in [5.74, 6) is -0.145. The second-order valence-corrected chi connectivity index (χ2v) is 7.10. The number of carboxylic acids is 1. The number of nitrogens with zero attached hydrogens (tertiary/aromatic N) is 2. The van der Waals surface area contributed by atoms with E-state index in [0.717, 1.165) is 5.75 Å². The van der Waals surface area contributed by atoms with Crippen LogP contribution in [0, 0.1) is 0 Å². The smallest absolute Gasteiger partial charge is 0.337 e. The maximum absolute atomic E-state index is 11.4. The molecule has 0 bridgehead atoms. The van der Waals surface area contributed by atoms with Crippen LogP contribution in [-0.4, -0.2) is 52.4 Å². The third-order valence-corrected chi connectivity index (χ3v) is 4.23. The first kappa shape index (κ1) is 18.4. The highest BCUT2D eigenvalue weighted by Crippen LogP contribution is 2.23. The molecule has 1 unspecified atom stereocenters. The van der Waals surface area contributed by atoms with E-state index in [1.807, 2.05) is 44.2 Å². The van der Waals surface area contributed by atoms with E-state index in [0.29, 0.717) is 31.9 Å². The first-order chi connectivity index (χ1) is 12.4.